The summed E-state index contributed by atoms with van der Waals surface area (Å²) >= 11 is 1.17. The summed E-state index contributed by atoms with van der Waals surface area (Å²) in [4.78, 5) is 23.8. The van der Waals surface area contributed by atoms with E-state index in [1.54, 1.807) is 36.4 Å². The van der Waals surface area contributed by atoms with Crippen LogP contribution >= 0.6 is 11.8 Å². The van der Waals surface area contributed by atoms with Gasteiger partial charge in [-0.05, 0) is 24.3 Å². The SMILES string of the molecule is NC(=O)CSc1ccccc1C(=O)OCc1nnc(-c2ccco2)o1. The van der Waals surface area contributed by atoms with Crippen molar-refractivity contribution in [2.45, 2.75) is 11.5 Å². The van der Waals surface area contributed by atoms with Gasteiger partial charge in [0, 0.05) is 4.90 Å². The Kier molecular flexibility index (Phi) is 5.14. The molecule has 0 spiro atoms. The fourth-order valence-electron chi connectivity index (χ4n) is 1.93. The van der Waals surface area contributed by atoms with Gasteiger partial charge in [-0.1, -0.05) is 12.1 Å². The highest BCUT2D eigenvalue weighted by Gasteiger charge is 2.16. The van der Waals surface area contributed by atoms with Gasteiger partial charge in [0.05, 0.1) is 17.6 Å². The number of ether oxygens (including phenoxy) is 1. The van der Waals surface area contributed by atoms with Crippen LogP contribution in [0.2, 0.25) is 0 Å². The van der Waals surface area contributed by atoms with Gasteiger partial charge in [0.1, 0.15) is 0 Å². The van der Waals surface area contributed by atoms with Crippen LogP contribution in [0.4, 0.5) is 0 Å². The van der Waals surface area contributed by atoms with Crippen LogP contribution in [0.25, 0.3) is 11.7 Å². The number of esters is 1. The lowest BCUT2D eigenvalue weighted by molar-refractivity contribution is -0.115. The van der Waals surface area contributed by atoms with Crippen molar-refractivity contribution in [1.82, 2.24) is 10.2 Å². The number of furan rings is 1. The molecule has 0 bridgehead atoms. The lowest BCUT2D eigenvalue weighted by Crippen LogP contribution is -2.14. The number of nitrogens with two attached hydrogens (primary N) is 1. The number of hydrogen-bond donors (Lipinski definition) is 1. The zero-order chi connectivity index (χ0) is 17.6. The highest BCUT2D eigenvalue weighted by molar-refractivity contribution is 8.00. The summed E-state index contributed by atoms with van der Waals surface area (Å²) in [5.74, 6) is -0.191. The van der Waals surface area contributed by atoms with Crippen LogP contribution in [0, 0.1) is 0 Å². The fourth-order valence-corrected chi connectivity index (χ4v) is 2.71. The van der Waals surface area contributed by atoms with Gasteiger partial charge in [0.25, 0.3) is 11.8 Å². The lowest BCUT2D eigenvalue weighted by atomic mass is 10.2. The molecular weight excluding hydrogens is 346 g/mol. The van der Waals surface area contributed by atoms with Crippen molar-refractivity contribution in [1.29, 1.82) is 0 Å². The number of aromatic nitrogens is 2. The van der Waals surface area contributed by atoms with E-state index < -0.39 is 11.9 Å². The largest absolute Gasteiger partial charge is 0.459 e. The van der Waals surface area contributed by atoms with E-state index in [9.17, 15) is 9.59 Å². The van der Waals surface area contributed by atoms with E-state index in [4.69, 9.17) is 19.3 Å². The molecule has 0 saturated carbocycles. The maximum absolute atomic E-state index is 12.3. The van der Waals surface area contributed by atoms with Crippen molar-refractivity contribution in [3.05, 3.63) is 54.1 Å². The van der Waals surface area contributed by atoms with E-state index in [1.165, 1.54) is 18.0 Å². The first-order valence-electron chi connectivity index (χ1n) is 7.17. The second kappa shape index (κ2) is 7.67. The van der Waals surface area contributed by atoms with Crippen molar-refractivity contribution < 1.29 is 23.2 Å². The second-order valence-electron chi connectivity index (χ2n) is 4.81. The summed E-state index contributed by atoms with van der Waals surface area (Å²) in [6.07, 6.45) is 1.49. The van der Waals surface area contributed by atoms with Crippen molar-refractivity contribution >= 4 is 23.6 Å². The van der Waals surface area contributed by atoms with Crippen LogP contribution in [-0.4, -0.2) is 27.8 Å². The van der Waals surface area contributed by atoms with Gasteiger partial charge in [-0.3, -0.25) is 4.79 Å². The minimum atomic E-state index is -0.565. The molecule has 0 saturated heterocycles. The Morgan fingerprint density at radius 3 is 2.76 bits per heavy atom. The maximum Gasteiger partial charge on any atom is 0.339 e. The number of thioether (sulfide) groups is 1. The Hall–Kier alpha value is -3.07. The summed E-state index contributed by atoms with van der Waals surface area (Å²) in [5.41, 5.74) is 5.47. The molecule has 2 heterocycles. The van der Waals surface area contributed by atoms with Crippen molar-refractivity contribution in [3.63, 3.8) is 0 Å². The third-order valence-corrected chi connectivity index (χ3v) is 4.10. The Bertz CT molecular complexity index is 876. The molecule has 1 aromatic carbocycles. The van der Waals surface area contributed by atoms with Gasteiger partial charge in [-0.2, -0.15) is 0 Å². The van der Waals surface area contributed by atoms with Crippen molar-refractivity contribution in [2.24, 2.45) is 5.73 Å². The number of carbonyl (C=O) groups excluding carboxylic acids is 2. The Morgan fingerprint density at radius 1 is 1.16 bits per heavy atom. The molecule has 8 nitrogen and oxygen atoms in total. The average molecular weight is 359 g/mol. The van der Waals surface area contributed by atoms with Crippen LogP contribution in [-0.2, 0) is 16.1 Å². The summed E-state index contributed by atoms with van der Waals surface area (Å²) in [5, 5.41) is 7.62. The number of hydrogen-bond acceptors (Lipinski definition) is 8. The third-order valence-electron chi connectivity index (χ3n) is 3.00. The molecule has 9 heteroatoms. The number of amides is 1. The summed E-state index contributed by atoms with van der Waals surface area (Å²) in [7, 11) is 0. The van der Waals surface area contributed by atoms with Gasteiger partial charge < -0.3 is 19.3 Å². The number of rotatable bonds is 7. The van der Waals surface area contributed by atoms with Crippen LogP contribution in [0.1, 0.15) is 16.2 Å². The zero-order valence-corrected chi connectivity index (χ0v) is 13.7. The first-order valence-corrected chi connectivity index (χ1v) is 8.15. The normalized spacial score (nSPS) is 10.6. The zero-order valence-electron chi connectivity index (χ0n) is 12.9. The minimum Gasteiger partial charge on any atom is -0.459 e. The topological polar surface area (TPSA) is 121 Å². The predicted octanol–water partition coefficient (Wildman–Crippen LogP) is 2.26. The van der Waals surface area contributed by atoms with Crippen LogP contribution < -0.4 is 5.73 Å². The summed E-state index contributed by atoms with van der Waals surface area (Å²) in [6.45, 7) is -0.179. The monoisotopic (exact) mass is 359 g/mol. The van der Waals surface area contributed by atoms with E-state index in [0.717, 1.165) is 0 Å². The molecule has 2 N–H and O–H groups in total. The highest BCUT2D eigenvalue weighted by atomic mass is 32.2. The van der Waals surface area contributed by atoms with Gasteiger partial charge in [0.2, 0.25) is 5.91 Å². The first-order chi connectivity index (χ1) is 12.1. The van der Waals surface area contributed by atoms with Crippen LogP contribution in [0.3, 0.4) is 0 Å². The van der Waals surface area contributed by atoms with Gasteiger partial charge >= 0.3 is 5.97 Å². The van der Waals surface area contributed by atoms with Crippen molar-refractivity contribution in [2.75, 3.05) is 5.75 Å². The number of carbonyl (C=O) groups is 2. The smallest absolute Gasteiger partial charge is 0.339 e. The minimum absolute atomic E-state index is 0.0699. The molecule has 2 aromatic heterocycles. The van der Waals surface area contributed by atoms with E-state index >= 15 is 0 Å². The number of benzene rings is 1. The lowest BCUT2D eigenvalue weighted by Gasteiger charge is -2.07. The molecule has 0 aliphatic carbocycles. The standard InChI is InChI=1S/C16H13N3O5S/c17-13(20)9-25-12-6-2-1-4-10(12)16(21)23-8-14-18-19-15(24-14)11-5-3-7-22-11/h1-7H,8-9H2,(H2,17,20). The maximum atomic E-state index is 12.3. The molecule has 0 unspecified atom stereocenters. The van der Waals surface area contributed by atoms with Gasteiger partial charge in [-0.25, -0.2) is 4.79 Å². The molecule has 0 aliphatic heterocycles. The van der Waals surface area contributed by atoms with Gasteiger partial charge in [-0.15, -0.1) is 22.0 Å². The molecule has 0 atom stereocenters. The Labute approximate surface area is 146 Å². The van der Waals surface area contributed by atoms with E-state index in [2.05, 4.69) is 10.2 Å². The first kappa shape index (κ1) is 16.8. The fraction of sp³-hybridized carbons (Fsp3) is 0.125. The molecule has 128 valence electrons. The third kappa shape index (κ3) is 4.27. The molecule has 1 amide bonds. The number of nitrogens with zero attached hydrogens (tertiary/aromatic N) is 2. The average Bonchev–Trinajstić information content (AvgIpc) is 3.29. The second-order valence-corrected chi connectivity index (χ2v) is 5.82. The molecule has 0 aliphatic rings. The quantitative estimate of drug-likeness (QED) is 0.503. The van der Waals surface area contributed by atoms with Crippen LogP contribution in [0.5, 0.6) is 0 Å². The van der Waals surface area contributed by atoms with E-state index in [0.29, 0.717) is 16.2 Å². The summed E-state index contributed by atoms with van der Waals surface area (Å²) < 4.78 is 15.7. The molecule has 3 rings (SSSR count). The van der Waals surface area contributed by atoms with E-state index in [-0.39, 0.29) is 24.1 Å². The van der Waals surface area contributed by atoms with Gasteiger partial charge in [0.15, 0.2) is 12.4 Å². The highest BCUT2D eigenvalue weighted by Crippen LogP contribution is 2.23. The van der Waals surface area contributed by atoms with Crippen molar-refractivity contribution in [3.8, 4) is 11.7 Å². The molecule has 3 aromatic rings. The Morgan fingerprint density at radius 2 is 2.00 bits per heavy atom. The summed E-state index contributed by atoms with van der Waals surface area (Å²) in [6, 6.07) is 10.1. The molecule has 0 radical (unpaired) electrons. The molecular formula is C16H13N3O5S. The Balaban J connectivity index is 1.64. The predicted molar refractivity (Wildman–Crippen MR) is 87.5 cm³/mol. The van der Waals surface area contributed by atoms with Crippen LogP contribution in [0.15, 0.2) is 56.4 Å². The number of primary amides is 1. The van der Waals surface area contributed by atoms with E-state index in [1.807, 2.05) is 0 Å². The molecule has 25 heavy (non-hydrogen) atoms. The molecule has 0 fully saturated rings.